The SMILES string of the molecule is COCC(Nc1ccc(OC)c(C)c1)C1CC1. The van der Waals surface area contributed by atoms with Gasteiger partial charge < -0.3 is 14.8 Å². The van der Waals surface area contributed by atoms with Crippen LogP contribution in [0.15, 0.2) is 18.2 Å². The topological polar surface area (TPSA) is 30.5 Å². The Kier molecular flexibility index (Phi) is 3.89. The first-order valence-corrected chi connectivity index (χ1v) is 6.14. The van der Waals surface area contributed by atoms with Crippen molar-refractivity contribution in [1.82, 2.24) is 0 Å². The molecule has 0 saturated heterocycles. The summed E-state index contributed by atoms with van der Waals surface area (Å²) in [6.45, 7) is 2.84. The first kappa shape index (κ1) is 12.2. The molecule has 1 atom stereocenters. The second-order valence-corrected chi connectivity index (χ2v) is 4.73. The Morgan fingerprint density at radius 3 is 2.65 bits per heavy atom. The smallest absolute Gasteiger partial charge is 0.121 e. The number of ether oxygens (including phenoxy) is 2. The zero-order chi connectivity index (χ0) is 12.3. The number of anilines is 1. The van der Waals surface area contributed by atoms with Crippen molar-refractivity contribution in [3.63, 3.8) is 0 Å². The van der Waals surface area contributed by atoms with Crippen molar-refractivity contribution < 1.29 is 9.47 Å². The molecule has 1 N–H and O–H groups in total. The predicted octanol–water partition coefficient (Wildman–Crippen LogP) is 2.84. The average molecular weight is 235 g/mol. The fourth-order valence-corrected chi connectivity index (χ4v) is 2.16. The number of benzene rings is 1. The molecule has 17 heavy (non-hydrogen) atoms. The highest BCUT2D eigenvalue weighted by molar-refractivity contribution is 5.51. The van der Waals surface area contributed by atoms with Gasteiger partial charge in [-0.05, 0) is 49.4 Å². The van der Waals surface area contributed by atoms with Gasteiger partial charge in [0.25, 0.3) is 0 Å². The molecule has 1 fully saturated rings. The lowest BCUT2D eigenvalue weighted by Gasteiger charge is -2.19. The minimum atomic E-state index is 0.438. The van der Waals surface area contributed by atoms with E-state index in [1.54, 1.807) is 14.2 Å². The Bertz CT molecular complexity index is 374. The Morgan fingerprint density at radius 2 is 2.12 bits per heavy atom. The van der Waals surface area contributed by atoms with E-state index in [4.69, 9.17) is 9.47 Å². The number of methoxy groups -OCH3 is 2. The molecule has 1 aliphatic carbocycles. The third kappa shape index (κ3) is 3.13. The van der Waals surface area contributed by atoms with E-state index in [1.165, 1.54) is 12.8 Å². The summed E-state index contributed by atoms with van der Waals surface area (Å²) in [5.41, 5.74) is 2.31. The maximum absolute atomic E-state index is 5.27. The van der Waals surface area contributed by atoms with Crippen LogP contribution in [0, 0.1) is 12.8 Å². The minimum Gasteiger partial charge on any atom is -0.496 e. The highest BCUT2D eigenvalue weighted by atomic mass is 16.5. The fraction of sp³-hybridized carbons (Fsp3) is 0.571. The summed E-state index contributed by atoms with van der Waals surface area (Å²) in [7, 11) is 3.46. The van der Waals surface area contributed by atoms with Gasteiger partial charge in [0, 0.05) is 12.8 Å². The maximum atomic E-state index is 5.27. The molecule has 0 aromatic heterocycles. The normalized spacial score (nSPS) is 16.6. The van der Waals surface area contributed by atoms with E-state index in [-0.39, 0.29) is 0 Å². The summed E-state index contributed by atoms with van der Waals surface area (Å²) in [4.78, 5) is 0. The van der Waals surface area contributed by atoms with Crippen molar-refractivity contribution >= 4 is 5.69 Å². The third-order valence-corrected chi connectivity index (χ3v) is 3.28. The highest BCUT2D eigenvalue weighted by Gasteiger charge is 2.31. The fourth-order valence-electron chi connectivity index (χ4n) is 2.16. The molecule has 0 heterocycles. The molecule has 1 aromatic carbocycles. The number of hydrogen-bond donors (Lipinski definition) is 1. The van der Waals surface area contributed by atoms with Gasteiger partial charge in [0.15, 0.2) is 0 Å². The van der Waals surface area contributed by atoms with Gasteiger partial charge in [-0.1, -0.05) is 0 Å². The van der Waals surface area contributed by atoms with Gasteiger partial charge in [-0.3, -0.25) is 0 Å². The molecule has 94 valence electrons. The summed E-state index contributed by atoms with van der Waals surface area (Å²) in [5, 5.41) is 3.55. The molecule has 0 amide bonds. The molecule has 3 heteroatoms. The van der Waals surface area contributed by atoms with Gasteiger partial charge in [0.05, 0.1) is 19.8 Å². The lowest BCUT2D eigenvalue weighted by molar-refractivity contribution is 0.179. The van der Waals surface area contributed by atoms with E-state index in [0.717, 1.165) is 29.5 Å². The Hall–Kier alpha value is -1.22. The van der Waals surface area contributed by atoms with E-state index in [2.05, 4.69) is 24.4 Å². The lowest BCUT2D eigenvalue weighted by Crippen LogP contribution is -2.27. The van der Waals surface area contributed by atoms with Crippen LogP contribution < -0.4 is 10.1 Å². The van der Waals surface area contributed by atoms with Crippen LogP contribution in [0.3, 0.4) is 0 Å². The molecular weight excluding hydrogens is 214 g/mol. The molecule has 3 nitrogen and oxygen atoms in total. The Labute approximate surface area is 103 Å². The van der Waals surface area contributed by atoms with Crippen molar-refractivity contribution in [2.75, 3.05) is 26.1 Å². The third-order valence-electron chi connectivity index (χ3n) is 3.28. The van der Waals surface area contributed by atoms with Crippen LogP contribution in [0.25, 0.3) is 0 Å². The summed E-state index contributed by atoms with van der Waals surface area (Å²) in [6, 6.07) is 6.64. The van der Waals surface area contributed by atoms with Crippen molar-refractivity contribution in [2.24, 2.45) is 5.92 Å². The van der Waals surface area contributed by atoms with Gasteiger partial charge in [-0.2, -0.15) is 0 Å². The summed E-state index contributed by atoms with van der Waals surface area (Å²) in [6.07, 6.45) is 2.63. The van der Waals surface area contributed by atoms with Gasteiger partial charge >= 0.3 is 0 Å². The molecule has 0 radical (unpaired) electrons. The monoisotopic (exact) mass is 235 g/mol. The lowest BCUT2D eigenvalue weighted by atomic mass is 10.1. The van der Waals surface area contributed by atoms with E-state index in [9.17, 15) is 0 Å². The molecule has 1 aromatic rings. The molecule has 1 aliphatic rings. The largest absolute Gasteiger partial charge is 0.496 e. The van der Waals surface area contributed by atoms with Crippen LogP contribution in [0.2, 0.25) is 0 Å². The van der Waals surface area contributed by atoms with E-state index < -0.39 is 0 Å². The van der Waals surface area contributed by atoms with Gasteiger partial charge in [0.1, 0.15) is 5.75 Å². The number of aryl methyl sites for hydroxylation is 1. The second kappa shape index (κ2) is 5.41. The molecule has 2 rings (SSSR count). The maximum Gasteiger partial charge on any atom is 0.121 e. The van der Waals surface area contributed by atoms with Gasteiger partial charge in [-0.15, -0.1) is 0 Å². The molecule has 0 aliphatic heterocycles. The zero-order valence-electron chi connectivity index (χ0n) is 10.8. The molecule has 0 spiro atoms. The standard InChI is InChI=1S/C14H21NO2/c1-10-8-12(6-7-14(10)17-3)15-13(9-16-2)11-4-5-11/h6-8,11,13,15H,4-5,9H2,1-3H3. The number of hydrogen-bond acceptors (Lipinski definition) is 3. The van der Waals surface area contributed by atoms with E-state index in [1.807, 2.05) is 6.07 Å². The van der Waals surface area contributed by atoms with E-state index in [0.29, 0.717) is 6.04 Å². The van der Waals surface area contributed by atoms with Crippen LogP contribution >= 0.6 is 0 Å². The first-order chi connectivity index (χ1) is 8.24. The zero-order valence-corrected chi connectivity index (χ0v) is 10.8. The Balaban J connectivity index is 2.03. The van der Waals surface area contributed by atoms with Crippen LogP contribution in [-0.2, 0) is 4.74 Å². The molecule has 1 unspecified atom stereocenters. The quantitative estimate of drug-likeness (QED) is 0.822. The minimum absolute atomic E-state index is 0.438. The van der Waals surface area contributed by atoms with Crippen molar-refractivity contribution in [3.8, 4) is 5.75 Å². The summed E-state index contributed by atoms with van der Waals surface area (Å²) >= 11 is 0. The molecule has 0 bridgehead atoms. The summed E-state index contributed by atoms with van der Waals surface area (Å²) < 4.78 is 10.5. The van der Waals surface area contributed by atoms with Crippen LogP contribution in [0.4, 0.5) is 5.69 Å². The van der Waals surface area contributed by atoms with Crippen molar-refractivity contribution in [1.29, 1.82) is 0 Å². The van der Waals surface area contributed by atoms with Gasteiger partial charge in [-0.25, -0.2) is 0 Å². The highest BCUT2D eigenvalue weighted by Crippen LogP contribution is 2.34. The van der Waals surface area contributed by atoms with E-state index >= 15 is 0 Å². The van der Waals surface area contributed by atoms with Crippen LogP contribution in [0.5, 0.6) is 5.75 Å². The summed E-state index contributed by atoms with van der Waals surface area (Å²) in [5.74, 6) is 1.71. The molecule has 1 saturated carbocycles. The predicted molar refractivity (Wildman–Crippen MR) is 69.7 cm³/mol. The first-order valence-electron chi connectivity index (χ1n) is 6.14. The van der Waals surface area contributed by atoms with Crippen LogP contribution in [-0.4, -0.2) is 26.9 Å². The average Bonchev–Trinajstić information content (AvgIpc) is 3.12. The van der Waals surface area contributed by atoms with Gasteiger partial charge in [0.2, 0.25) is 0 Å². The van der Waals surface area contributed by atoms with Crippen molar-refractivity contribution in [2.45, 2.75) is 25.8 Å². The molecular formula is C14H21NO2. The number of nitrogens with one attached hydrogen (secondary N) is 1. The number of rotatable bonds is 6. The Morgan fingerprint density at radius 1 is 1.35 bits per heavy atom. The van der Waals surface area contributed by atoms with Crippen molar-refractivity contribution in [3.05, 3.63) is 23.8 Å². The second-order valence-electron chi connectivity index (χ2n) is 4.73. The van der Waals surface area contributed by atoms with Crippen LogP contribution in [0.1, 0.15) is 18.4 Å².